The van der Waals surface area contributed by atoms with Crippen molar-refractivity contribution in [3.8, 4) is 23.3 Å². The van der Waals surface area contributed by atoms with Crippen LogP contribution in [0.1, 0.15) is 24.0 Å². The molecule has 2 nitrogen and oxygen atoms in total. The summed E-state index contributed by atoms with van der Waals surface area (Å²) in [6.45, 7) is 1.82. The molecule has 19 heavy (non-hydrogen) atoms. The van der Waals surface area contributed by atoms with Gasteiger partial charge in [-0.1, -0.05) is 30.2 Å². The maximum atomic E-state index is 9.32. The Morgan fingerprint density at radius 1 is 0.895 bits per heavy atom. The zero-order valence-electron chi connectivity index (χ0n) is 10.8. The van der Waals surface area contributed by atoms with Crippen molar-refractivity contribution in [3.63, 3.8) is 0 Å². The number of hydrogen-bond acceptors (Lipinski definition) is 2. The Kier molecular flexibility index (Phi) is 4.10. The van der Waals surface area contributed by atoms with Crippen molar-refractivity contribution in [2.24, 2.45) is 0 Å². The highest BCUT2D eigenvalue weighted by atomic mass is 16.3. The lowest BCUT2D eigenvalue weighted by atomic mass is 9.92. The zero-order valence-corrected chi connectivity index (χ0v) is 10.8. The van der Waals surface area contributed by atoms with Gasteiger partial charge < -0.3 is 10.2 Å². The van der Waals surface area contributed by atoms with Crippen LogP contribution in [0.2, 0.25) is 0 Å². The average Bonchev–Trinajstić information content (AvgIpc) is 2.42. The van der Waals surface area contributed by atoms with Crippen molar-refractivity contribution in [2.45, 2.75) is 19.3 Å². The molecule has 0 aliphatic heterocycles. The fraction of sp³-hybridized carbons (Fsp3) is 0.176. The van der Waals surface area contributed by atoms with E-state index in [1.807, 2.05) is 31.2 Å². The van der Waals surface area contributed by atoms with Gasteiger partial charge >= 0.3 is 0 Å². The third kappa shape index (κ3) is 3.53. The first-order valence-corrected chi connectivity index (χ1v) is 6.18. The van der Waals surface area contributed by atoms with Crippen molar-refractivity contribution in [1.82, 2.24) is 0 Å². The summed E-state index contributed by atoms with van der Waals surface area (Å²) in [6, 6.07) is 14.3. The summed E-state index contributed by atoms with van der Waals surface area (Å²) in [5.74, 6) is 6.76. The van der Waals surface area contributed by atoms with Crippen LogP contribution < -0.4 is 0 Å². The van der Waals surface area contributed by atoms with Gasteiger partial charge in [0.15, 0.2) is 0 Å². The summed E-state index contributed by atoms with van der Waals surface area (Å²) < 4.78 is 0. The van der Waals surface area contributed by atoms with Gasteiger partial charge in [-0.05, 0) is 48.7 Å². The summed E-state index contributed by atoms with van der Waals surface area (Å²) in [5, 5.41) is 18.6. The van der Waals surface area contributed by atoms with Crippen LogP contribution in [-0.2, 0) is 6.42 Å². The molecule has 96 valence electrons. The monoisotopic (exact) mass is 252 g/mol. The van der Waals surface area contributed by atoms with E-state index < -0.39 is 0 Å². The van der Waals surface area contributed by atoms with Crippen LogP contribution in [0.5, 0.6) is 11.5 Å². The fourth-order valence-electron chi connectivity index (χ4n) is 2.00. The summed E-state index contributed by atoms with van der Waals surface area (Å²) in [7, 11) is 0. The van der Waals surface area contributed by atoms with Crippen molar-refractivity contribution in [1.29, 1.82) is 0 Å². The van der Waals surface area contributed by atoms with E-state index in [0.717, 1.165) is 17.5 Å². The molecule has 2 aromatic carbocycles. The molecule has 2 aromatic rings. The van der Waals surface area contributed by atoms with Gasteiger partial charge in [0.05, 0.1) is 0 Å². The highest BCUT2D eigenvalue weighted by Gasteiger charge is 2.09. The normalized spacial score (nSPS) is 11.4. The first kappa shape index (κ1) is 13.0. The Morgan fingerprint density at radius 3 is 1.95 bits per heavy atom. The Morgan fingerprint density at radius 2 is 1.42 bits per heavy atom. The van der Waals surface area contributed by atoms with Gasteiger partial charge in [0.25, 0.3) is 0 Å². The van der Waals surface area contributed by atoms with Gasteiger partial charge in [0, 0.05) is 5.92 Å². The molecule has 0 bridgehead atoms. The van der Waals surface area contributed by atoms with Crippen molar-refractivity contribution in [3.05, 3.63) is 59.7 Å². The molecule has 0 saturated heterocycles. The van der Waals surface area contributed by atoms with E-state index in [1.165, 1.54) is 0 Å². The van der Waals surface area contributed by atoms with Crippen molar-refractivity contribution in [2.75, 3.05) is 0 Å². The number of phenols is 2. The van der Waals surface area contributed by atoms with Crippen molar-refractivity contribution >= 4 is 0 Å². The van der Waals surface area contributed by atoms with Crippen LogP contribution in [0.3, 0.4) is 0 Å². The van der Waals surface area contributed by atoms with E-state index in [0.29, 0.717) is 0 Å². The lowest BCUT2D eigenvalue weighted by Crippen LogP contribution is -2.00. The van der Waals surface area contributed by atoms with Crippen LogP contribution in [0.25, 0.3) is 0 Å². The van der Waals surface area contributed by atoms with Gasteiger partial charge in [0.1, 0.15) is 11.5 Å². The second-order valence-electron chi connectivity index (χ2n) is 4.41. The lowest BCUT2D eigenvalue weighted by molar-refractivity contribution is 0.474. The molecule has 0 radical (unpaired) electrons. The van der Waals surface area contributed by atoms with E-state index in [9.17, 15) is 10.2 Å². The molecule has 0 fully saturated rings. The van der Waals surface area contributed by atoms with Gasteiger partial charge in [-0.3, -0.25) is 0 Å². The number of phenolic OH excluding ortho intramolecular Hbond substituents is 2. The molecule has 0 aliphatic carbocycles. The summed E-state index contributed by atoms with van der Waals surface area (Å²) in [4.78, 5) is 0. The fourth-order valence-corrected chi connectivity index (χ4v) is 2.00. The second-order valence-corrected chi connectivity index (χ2v) is 4.41. The third-order valence-corrected chi connectivity index (χ3v) is 2.99. The maximum Gasteiger partial charge on any atom is 0.115 e. The highest BCUT2D eigenvalue weighted by molar-refractivity contribution is 5.35. The highest BCUT2D eigenvalue weighted by Crippen LogP contribution is 2.23. The molecule has 2 heteroatoms. The number of benzene rings is 2. The predicted molar refractivity (Wildman–Crippen MR) is 76.1 cm³/mol. The van der Waals surface area contributed by atoms with Crippen LogP contribution >= 0.6 is 0 Å². The second kappa shape index (κ2) is 5.97. The third-order valence-electron chi connectivity index (χ3n) is 2.99. The molecule has 2 rings (SSSR count). The Balaban J connectivity index is 2.22. The summed E-state index contributed by atoms with van der Waals surface area (Å²) >= 11 is 0. The average molecular weight is 252 g/mol. The quantitative estimate of drug-likeness (QED) is 0.821. The van der Waals surface area contributed by atoms with Gasteiger partial charge in [-0.2, -0.15) is 0 Å². The summed E-state index contributed by atoms with van der Waals surface area (Å²) in [5.41, 5.74) is 2.21. The van der Waals surface area contributed by atoms with E-state index in [4.69, 9.17) is 0 Å². The van der Waals surface area contributed by atoms with Crippen LogP contribution in [0.15, 0.2) is 48.5 Å². The summed E-state index contributed by atoms with van der Waals surface area (Å²) in [6.07, 6.45) is 0.784. The van der Waals surface area contributed by atoms with E-state index in [2.05, 4.69) is 11.8 Å². The minimum absolute atomic E-state index is 0.0927. The zero-order chi connectivity index (χ0) is 13.7. The molecule has 0 amide bonds. The molecule has 2 N–H and O–H groups in total. The molecule has 0 heterocycles. The minimum Gasteiger partial charge on any atom is -0.508 e. The van der Waals surface area contributed by atoms with Crippen molar-refractivity contribution < 1.29 is 10.2 Å². The molecule has 0 spiro atoms. The molecule has 0 unspecified atom stereocenters. The maximum absolute atomic E-state index is 9.32. The first-order chi connectivity index (χ1) is 9.19. The smallest absolute Gasteiger partial charge is 0.115 e. The van der Waals surface area contributed by atoms with E-state index in [-0.39, 0.29) is 17.4 Å². The van der Waals surface area contributed by atoms with E-state index >= 15 is 0 Å². The van der Waals surface area contributed by atoms with Crippen LogP contribution in [0.4, 0.5) is 0 Å². The molecule has 1 atom stereocenters. The number of aromatic hydroxyl groups is 2. The molecular formula is C17H16O2. The van der Waals surface area contributed by atoms with E-state index in [1.54, 1.807) is 24.3 Å². The van der Waals surface area contributed by atoms with Gasteiger partial charge in [0.2, 0.25) is 0 Å². The van der Waals surface area contributed by atoms with Crippen LogP contribution in [-0.4, -0.2) is 10.2 Å². The number of hydrogen-bond donors (Lipinski definition) is 2. The van der Waals surface area contributed by atoms with Crippen LogP contribution in [0, 0.1) is 11.8 Å². The minimum atomic E-state index is 0.0927. The SMILES string of the molecule is CC#C[C@H](Cc1ccc(O)cc1)c1ccc(O)cc1. The molecule has 0 aromatic heterocycles. The molecule has 0 aliphatic rings. The molecule has 0 saturated carbocycles. The van der Waals surface area contributed by atoms with Gasteiger partial charge in [-0.15, -0.1) is 5.92 Å². The van der Waals surface area contributed by atoms with Gasteiger partial charge in [-0.25, -0.2) is 0 Å². The number of rotatable bonds is 3. The lowest BCUT2D eigenvalue weighted by Gasteiger charge is -2.11. The Bertz CT molecular complexity index is 586. The standard InChI is InChI=1S/C17H16O2/c1-2-3-15(14-6-10-17(19)11-7-14)12-13-4-8-16(18)9-5-13/h4-11,15,18-19H,12H2,1H3/t15-/m1/s1. The Hall–Kier alpha value is -2.40. The largest absolute Gasteiger partial charge is 0.508 e. The molecular weight excluding hydrogens is 236 g/mol. The predicted octanol–water partition coefficient (Wildman–Crippen LogP) is 3.45. The topological polar surface area (TPSA) is 40.5 Å². The Labute approximate surface area is 113 Å². The first-order valence-electron chi connectivity index (χ1n) is 6.18.